The van der Waals surface area contributed by atoms with Gasteiger partial charge in [0, 0.05) is 30.3 Å². The van der Waals surface area contributed by atoms with Crippen molar-refractivity contribution in [2.75, 3.05) is 25.1 Å². The van der Waals surface area contributed by atoms with Gasteiger partial charge < -0.3 is 10.0 Å². The molecule has 1 aliphatic heterocycles. The van der Waals surface area contributed by atoms with Crippen LogP contribution in [-0.2, 0) is 21.2 Å². The Morgan fingerprint density at radius 3 is 2.95 bits per heavy atom. The number of hydrogen-bond donors (Lipinski definition) is 1. The predicted molar refractivity (Wildman–Crippen MR) is 88.3 cm³/mol. The molecule has 1 aliphatic rings. The molecule has 0 radical (unpaired) electrons. The van der Waals surface area contributed by atoms with Crippen molar-refractivity contribution in [3.63, 3.8) is 0 Å². The van der Waals surface area contributed by atoms with Crippen LogP contribution in [0.15, 0.2) is 17.5 Å². The molecule has 0 aromatic carbocycles. The number of sulfone groups is 1. The maximum absolute atomic E-state index is 12.2. The number of hydrogen-bond acceptors (Lipinski definition) is 5. The first-order valence-electron chi connectivity index (χ1n) is 7.20. The third-order valence-electron chi connectivity index (χ3n) is 3.62. The second kappa shape index (κ2) is 7.39. The first-order valence-corrected chi connectivity index (χ1v) is 10.1. The van der Waals surface area contributed by atoms with Crippen molar-refractivity contribution in [1.82, 2.24) is 4.90 Å². The van der Waals surface area contributed by atoms with Crippen molar-refractivity contribution < 1.29 is 18.3 Å². The Morgan fingerprint density at radius 1 is 1.55 bits per heavy atom. The molecule has 2 heterocycles. The number of nitrogens with zero attached hydrogens (tertiary/aromatic N) is 1. The summed E-state index contributed by atoms with van der Waals surface area (Å²) in [6, 6.07) is 1.84. The largest absolute Gasteiger partial charge is 0.392 e. The van der Waals surface area contributed by atoms with E-state index in [2.05, 4.69) is 0 Å². The smallest absolute Gasteiger partial charge is 0.246 e. The van der Waals surface area contributed by atoms with Crippen LogP contribution in [0.1, 0.15) is 23.3 Å². The molecule has 0 saturated carbocycles. The molecule has 7 heteroatoms. The third-order valence-corrected chi connectivity index (χ3v) is 5.64. The van der Waals surface area contributed by atoms with Crippen LogP contribution >= 0.6 is 11.3 Å². The van der Waals surface area contributed by atoms with Crippen molar-refractivity contribution >= 4 is 33.2 Å². The van der Waals surface area contributed by atoms with E-state index in [1.165, 1.54) is 23.7 Å². The monoisotopic (exact) mass is 343 g/mol. The van der Waals surface area contributed by atoms with E-state index in [-0.39, 0.29) is 24.2 Å². The van der Waals surface area contributed by atoms with Crippen LogP contribution in [0.2, 0.25) is 0 Å². The lowest BCUT2D eigenvalue weighted by Gasteiger charge is -2.31. The van der Waals surface area contributed by atoms with Crippen molar-refractivity contribution in [3.8, 4) is 0 Å². The minimum atomic E-state index is -3.01. The van der Waals surface area contributed by atoms with Crippen molar-refractivity contribution in [1.29, 1.82) is 0 Å². The molecule has 1 aromatic rings. The van der Waals surface area contributed by atoms with Gasteiger partial charge in [0.15, 0.2) is 0 Å². The normalized spacial score (nSPS) is 19.7. The first kappa shape index (κ1) is 17.2. The van der Waals surface area contributed by atoms with E-state index < -0.39 is 9.84 Å². The average molecular weight is 343 g/mol. The Hall–Kier alpha value is -1.18. The maximum Gasteiger partial charge on any atom is 0.246 e. The molecule has 1 fully saturated rings. The highest BCUT2D eigenvalue weighted by molar-refractivity contribution is 7.90. The Bertz CT molecular complexity index is 648. The predicted octanol–water partition coefficient (Wildman–Crippen LogP) is 1.54. The highest BCUT2D eigenvalue weighted by Crippen LogP contribution is 2.20. The van der Waals surface area contributed by atoms with Gasteiger partial charge in [-0.3, -0.25) is 4.79 Å². The summed E-state index contributed by atoms with van der Waals surface area (Å²) in [6.45, 7) is 1.18. The summed E-state index contributed by atoms with van der Waals surface area (Å²) in [7, 11) is -3.01. The summed E-state index contributed by atoms with van der Waals surface area (Å²) in [5.74, 6) is 0.0895. The summed E-state index contributed by atoms with van der Waals surface area (Å²) in [6.07, 6.45) is 6.20. The molecule has 0 bridgehead atoms. The quantitative estimate of drug-likeness (QED) is 0.823. The standard InChI is InChI=1S/C15H21NO4S2/c1-22(19,20)11-12-3-2-6-16(8-12)15(18)5-4-14-7-13(9-17)10-21-14/h4-5,7,10,12,17H,2-3,6,8-9,11H2,1H3/b5-4+. The topological polar surface area (TPSA) is 74.7 Å². The van der Waals surface area contributed by atoms with Crippen LogP contribution in [0.4, 0.5) is 0 Å². The Labute approximate surface area is 135 Å². The summed E-state index contributed by atoms with van der Waals surface area (Å²) in [4.78, 5) is 14.8. The van der Waals surface area contributed by atoms with Gasteiger partial charge in [0.1, 0.15) is 9.84 Å². The Morgan fingerprint density at radius 2 is 2.32 bits per heavy atom. The van der Waals surface area contributed by atoms with Gasteiger partial charge in [-0.05, 0) is 41.8 Å². The van der Waals surface area contributed by atoms with Gasteiger partial charge in [-0.2, -0.15) is 0 Å². The van der Waals surface area contributed by atoms with Crippen LogP contribution in [0, 0.1) is 5.92 Å². The Kier molecular flexibility index (Phi) is 5.77. The number of aliphatic hydroxyl groups excluding tert-OH is 1. The van der Waals surface area contributed by atoms with Crippen molar-refractivity contribution in [3.05, 3.63) is 28.0 Å². The van der Waals surface area contributed by atoms with Crippen molar-refractivity contribution in [2.24, 2.45) is 5.92 Å². The summed E-state index contributed by atoms with van der Waals surface area (Å²) >= 11 is 1.47. The number of thiophene rings is 1. The number of likely N-dealkylation sites (tertiary alicyclic amines) is 1. The summed E-state index contributed by atoms with van der Waals surface area (Å²) < 4.78 is 22.8. The number of piperidine rings is 1. The van der Waals surface area contributed by atoms with E-state index in [0.29, 0.717) is 13.1 Å². The molecule has 1 saturated heterocycles. The highest BCUT2D eigenvalue weighted by Gasteiger charge is 2.25. The minimum Gasteiger partial charge on any atom is -0.392 e. The van der Waals surface area contributed by atoms with Gasteiger partial charge in [0.25, 0.3) is 0 Å². The van der Waals surface area contributed by atoms with Crippen molar-refractivity contribution in [2.45, 2.75) is 19.4 Å². The SMILES string of the molecule is CS(=O)(=O)CC1CCCN(C(=O)/C=C/c2cc(CO)cs2)C1. The van der Waals surface area contributed by atoms with Gasteiger partial charge in [-0.15, -0.1) is 11.3 Å². The van der Waals surface area contributed by atoms with Gasteiger partial charge in [0.05, 0.1) is 12.4 Å². The van der Waals surface area contributed by atoms with Crippen LogP contribution in [0.25, 0.3) is 6.08 Å². The zero-order valence-corrected chi connectivity index (χ0v) is 14.2. The average Bonchev–Trinajstić information content (AvgIpc) is 2.91. The van der Waals surface area contributed by atoms with Gasteiger partial charge in [-0.25, -0.2) is 8.42 Å². The Balaban J connectivity index is 1.94. The number of amides is 1. The molecule has 122 valence electrons. The lowest BCUT2D eigenvalue weighted by Crippen LogP contribution is -2.41. The minimum absolute atomic E-state index is 0.00240. The van der Waals surface area contributed by atoms with E-state index in [1.807, 2.05) is 11.4 Å². The molecular formula is C15H21NO4S2. The number of rotatable bonds is 5. The van der Waals surface area contributed by atoms with Crippen LogP contribution in [-0.4, -0.2) is 49.4 Å². The van der Waals surface area contributed by atoms with Gasteiger partial charge in [-0.1, -0.05) is 0 Å². The number of carbonyl (C=O) groups excluding carboxylic acids is 1. The van der Waals surface area contributed by atoms with E-state index >= 15 is 0 Å². The molecule has 22 heavy (non-hydrogen) atoms. The van der Waals surface area contributed by atoms with Crippen LogP contribution in [0.3, 0.4) is 0 Å². The van der Waals surface area contributed by atoms with E-state index in [4.69, 9.17) is 5.11 Å². The molecule has 1 N–H and O–H groups in total. The molecule has 1 atom stereocenters. The maximum atomic E-state index is 12.2. The van der Waals surface area contributed by atoms with Crippen LogP contribution < -0.4 is 0 Å². The molecule has 0 aliphatic carbocycles. The molecule has 1 aromatic heterocycles. The van der Waals surface area contributed by atoms with Crippen LogP contribution in [0.5, 0.6) is 0 Å². The molecule has 1 amide bonds. The molecule has 1 unspecified atom stereocenters. The lowest BCUT2D eigenvalue weighted by molar-refractivity contribution is -0.127. The second-order valence-corrected chi connectivity index (χ2v) is 8.86. The summed E-state index contributed by atoms with van der Waals surface area (Å²) in [5.41, 5.74) is 0.836. The highest BCUT2D eigenvalue weighted by atomic mass is 32.2. The summed E-state index contributed by atoms with van der Waals surface area (Å²) in [5, 5.41) is 10.9. The van der Waals surface area contributed by atoms with Gasteiger partial charge in [0.2, 0.25) is 5.91 Å². The van der Waals surface area contributed by atoms with Gasteiger partial charge >= 0.3 is 0 Å². The molecule has 2 rings (SSSR count). The lowest BCUT2D eigenvalue weighted by atomic mass is 10.00. The molecule has 0 spiro atoms. The van der Waals surface area contributed by atoms with E-state index in [1.54, 1.807) is 11.0 Å². The zero-order chi connectivity index (χ0) is 16.2. The number of carbonyl (C=O) groups is 1. The third kappa shape index (κ3) is 5.23. The first-order chi connectivity index (χ1) is 10.4. The molecular weight excluding hydrogens is 322 g/mol. The second-order valence-electron chi connectivity index (χ2n) is 5.73. The number of aliphatic hydroxyl groups is 1. The molecule has 5 nitrogen and oxygen atoms in total. The van der Waals surface area contributed by atoms with E-state index in [9.17, 15) is 13.2 Å². The fraction of sp³-hybridized carbons (Fsp3) is 0.533. The fourth-order valence-corrected chi connectivity index (χ4v) is 4.58. The fourth-order valence-electron chi connectivity index (χ4n) is 2.65. The zero-order valence-electron chi connectivity index (χ0n) is 12.6. The van der Waals surface area contributed by atoms with E-state index in [0.717, 1.165) is 23.3 Å².